The summed E-state index contributed by atoms with van der Waals surface area (Å²) in [6, 6.07) is 13.7. The van der Waals surface area contributed by atoms with Crippen LogP contribution in [0.2, 0.25) is 0 Å². The van der Waals surface area contributed by atoms with Crippen LogP contribution in [0.25, 0.3) is 21.9 Å². The first-order valence-corrected chi connectivity index (χ1v) is 7.50. The summed E-state index contributed by atoms with van der Waals surface area (Å²) in [4.78, 5) is 22.9. The predicted molar refractivity (Wildman–Crippen MR) is 91.5 cm³/mol. The standard InChI is InChI=1S/C18H16N4O/c1-11-20-16-5-3-14(10-17(16)21-11)22-18(23)9-12-2-4-15-13(8-12)6-7-19-15/h2-8,10,19H,9H2,1H3,(H,20,21)(H,22,23). The Morgan fingerprint density at radius 2 is 2.04 bits per heavy atom. The van der Waals surface area contributed by atoms with Gasteiger partial charge in [-0.1, -0.05) is 6.07 Å². The molecule has 0 aliphatic heterocycles. The topological polar surface area (TPSA) is 73.6 Å². The van der Waals surface area contributed by atoms with E-state index in [1.807, 2.05) is 55.6 Å². The second kappa shape index (κ2) is 5.28. The maximum atomic E-state index is 12.3. The molecule has 0 atom stereocenters. The van der Waals surface area contributed by atoms with Gasteiger partial charge in [0.15, 0.2) is 0 Å². The maximum Gasteiger partial charge on any atom is 0.228 e. The quantitative estimate of drug-likeness (QED) is 0.541. The number of nitrogens with one attached hydrogen (secondary N) is 3. The molecule has 4 rings (SSSR count). The minimum atomic E-state index is -0.0320. The highest BCUT2D eigenvalue weighted by atomic mass is 16.1. The molecule has 5 heteroatoms. The Hall–Kier alpha value is -3.08. The zero-order valence-electron chi connectivity index (χ0n) is 12.7. The van der Waals surface area contributed by atoms with Crippen molar-refractivity contribution < 1.29 is 4.79 Å². The van der Waals surface area contributed by atoms with Gasteiger partial charge >= 0.3 is 0 Å². The van der Waals surface area contributed by atoms with Crippen LogP contribution in [0.4, 0.5) is 5.69 Å². The number of fused-ring (bicyclic) bond motifs is 2. The number of nitrogens with zero attached hydrogens (tertiary/aromatic N) is 1. The lowest BCUT2D eigenvalue weighted by molar-refractivity contribution is -0.115. The minimum absolute atomic E-state index is 0.0320. The predicted octanol–water partition coefficient (Wildman–Crippen LogP) is 3.53. The van der Waals surface area contributed by atoms with E-state index in [9.17, 15) is 4.79 Å². The number of aromatic amines is 2. The Bertz CT molecular complexity index is 1010. The molecule has 5 nitrogen and oxygen atoms in total. The maximum absolute atomic E-state index is 12.3. The van der Waals surface area contributed by atoms with Gasteiger partial charge in [-0.15, -0.1) is 0 Å². The van der Waals surface area contributed by atoms with Crippen LogP contribution >= 0.6 is 0 Å². The van der Waals surface area contributed by atoms with Crippen molar-refractivity contribution >= 4 is 33.5 Å². The minimum Gasteiger partial charge on any atom is -0.361 e. The number of aromatic nitrogens is 3. The summed E-state index contributed by atoms with van der Waals surface area (Å²) in [6.45, 7) is 1.91. The van der Waals surface area contributed by atoms with E-state index in [2.05, 4.69) is 20.3 Å². The fraction of sp³-hybridized carbons (Fsp3) is 0.111. The molecule has 0 radical (unpaired) electrons. The van der Waals surface area contributed by atoms with Gasteiger partial charge in [-0.3, -0.25) is 4.79 Å². The summed E-state index contributed by atoms with van der Waals surface area (Å²) in [5.74, 6) is 0.832. The van der Waals surface area contributed by atoms with E-state index in [1.165, 1.54) is 0 Å². The SMILES string of the molecule is Cc1nc2ccc(NC(=O)Cc3ccc4[nH]ccc4c3)cc2[nH]1. The molecular formula is C18H16N4O. The van der Waals surface area contributed by atoms with E-state index in [4.69, 9.17) is 0 Å². The lowest BCUT2D eigenvalue weighted by Crippen LogP contribution is -2.14. The fourth-order valence-electron chi connectivity index (χ4n) is 2.82. The molecule has 0 spiro atoms. The lowest BCUT2D eigenvalue weighted by atomic mass is 10.1. The van der Waals surface area contributed by atoms with Crippen LogP contribution in [0.15, 0.2) is 48.7 Å². The molecule has 1 amide bonds. The van der Waals surface area contributed by atoms with Crippen molar-refractivity contribution in [2.45, 2.75) is 13.3 Å². The molecule has 0 saturated carbocycles. The average molecular weight is 304 g/mol. The lowest BCUT2D eigenvalue weighted by Gasteiger charge is -2.05. The van der Waals surface area contributed by atoms with Gasteiger partial charge in [0.25, 0.3) is 0 Å². The van der Waals surface area contributed by atoms with Crippen LogP contribution in [0, 0.1) is 6.92 Å². The Morgan fingerprint density at radius 3 is 2.96 bits per heavy atom. The van der Waals surface area contributed by atoms with E-state index in [0.29, 0.717) is 6.42 Å². The first-order valence-electron chi connectivity index (χ1n) is 7.50. The van der Waals surface area contributed by atoms with Crippen LogP contribution < -0.4 is 5.32 Å². The Morgan fingerprint density at radius 1 is 1.13 bits per heavy atom. The summed E-state index contributed by atoms with van der Waals surface area (Å²) in [5.41, 5.74) is 4.67. The third-order valence-corrected chi connectivity index (χ3v) is 3.87. The van der Waals surface area contributed by atoms with Crippen LogP contribution in [0.1, 0.15) is 11.4 Å². The smallest absolute Gasteiger partial charge is 0.228 e. The zero-order chi connectivity index (χ0) is 15.8. The summed E-state index contributed by atoms with van der Waals surface area (Å²) < 4.78 is 0. The number of carbonyl (C=O) groups is 1. The molecule has 23 heavy (non-hydrogen) atoms. The first kappa shape index (κ1) is 13.6. The summed E-state index contributed by atoms with van der Waals surface area (Å²) >= 11 is 0. The van der Waals surface area contributed by atoms with Gasteiger partial charge < -0.3 is 15.3 Å². The first-order chi connectivity index (χ1) is 11.2. The van der Waals surface area contributed by atoms with Gasteiger partial charge in [0.05, 0.1) is 17.5 Å². The molecule has 0 saturated heterocycles. The van der Waals surface area contributed by atoms with Crippen LogP contribution in [-0.4, -0.2) is 20.9 Å². The Labute approximate surface area is 132 Å². The molecule has 0 bridgehead atoms. The third kappa shape index (κ3) is 2.68. The van der Waals surface area contributed by atoms with E-state index in [1.54, 1.807) is 0 Å². The second-order valence-electron chi connectivity index (χ2n) is 5.68. The molecule has 0 aliphatic carbocycles. The molecule has 114 valence electrons. The van der Waals surface area contributed by atoms with Crippen molar-refractivity contribution in [2.75, 3.05) is 5.32 Å². The number of carbonyl (C=O) groups excluding carboxylic acids is 1. The average Bonchev–Trinajstić information content (AvgIpc) is 3.11. The number of hydrogen-bond acceptors (Lipinski definition) is 2. The fourth-order valence-corrected chi connectivity index (χ4v) is 2.82. The van der Waals surface area contributed by atoms with E-state index < -0.39 is 0 Å². The number of benzene rings is 2. The number of anilines is 1. The summed E-state index contributed by atoms with van der Waals surface area (Å²) in [7, 11) is 0. The van der Waals surface area contributed by atoms with Crippen LogP contribution in [0.5, 0.6) is 0 Å². The van der Waals surface area contributed by atoms with Gasteiger partial charge in [-0.25, -0.2) is 4.98 Å². The molecule has 2 heterocycles. The molecule has 0 aliphatic rings. The van der Waals surface area contributed by atoms with Crippen molar-refractivity contribution in [1.82, 2.24) is 15.0 Å². The number of hydrogen-bond donors (Lipinski definition) is 3. The van der Waals surface area contributed by atoms with Crippen molar-refractivity contribution in [2.24, 2.45) is 0 Å². The molecule has 2 aromatic carbocycles. The highest BCUT2D eigenvalue weighted by Gasteiger charge is 2.07. The number of imidazole rings is 1. The molecular weight excluding hydrogens is 288 g/mol. The number of amides is 1. The van der Waals surface area contributed by atoms with Gasteiger partial charge in [0, 0.05) is 17.4 Å². The normalized spacial score (nSPS) is 11.2. The van der Waals surface area contributed by atoms with Gasteiger partial charge in [0.1, 0.15) is 5.82 Å². The third-order valence-electron chi connectivity index (χ3n) is 3.87. The number of rotatable bonds is 3. The summed E-state index contributed by atoms with van der Waals surface area (Å²) in [5, 5.41) is 4.05. The van der Waals surface area contributed by atoms with Crippen molar-refractivity contribution in [3.05, 3.63) is 60.0 Å². The molecule has 3 N–H and O–H groups in total. The number of H-pyrrole nitrogens is 2. The van der Waals surface area contributed by atoms with Gasteiger partial charge in [-0.2, -0.15) is 0 Å². The second-order valence-corrected chi connectivity index (χ2v) is 5.68. The van der Waals surface area contributed by atoms with Gasteiger partial charge in [0.2, 0.25) is 5.91 Å². The van der Waals surface area contributed by atoms with E-state index in [-0.39, 0.29) is 5.91 Å². The van der Waals surface area contributed by atoms with Crippen LogP contribution in [0.3, 0.4) is 0 Å². The van der Waals surface area contributed by atoms with Crippen molar-refractivity contribution in [3.8, 4) is 0 Å². The highest BCUT2D eigenvalue weighted by molar-refractivity contribution is 5.94. The van der Waals surface area contributed by atoms with Crippen molar-refractivity contribution in [3.63, 3.8) is 0 Å². The molecule has 0 fully saturated rings. The highest BCUT2D eigenvalue weighted by Crippen LogP contribution is 2.18. The Kier molecular flexibility index (Phi) is 3.12. The molecule has 2 aromatic heterocycles. The number of aryl methyl sites for hydroxylation is 1. The largest absolute Gasteiger partial charge is 0.361 e. The van der Waals surface area contributed by atoms with Gasteiger partial charge in [-0.05, 0) is 54.3 Å². The summed E-state index contributed by atoms with van der Waals surface area (Å²) in [6.07, 6.45) is 2.25. The van der Waals surface area contributed by atoms with Crippen molar-refractivity contribution in [1.29, 1.82) is 0 Å². The van der Waals surface area contributed by atoms with E-state index >= 15 is 0 Å². The zero-order valence-corrected chi connectivity index (χ0v) is 12.7. The van der Waals surface area contributed by atoms with Crippen LogP contribution in [-0.2, 0) is 11.2 Å². The molecule has 4 aromatic rings. The molecule has 0 unspecified atom stereocenters. The Balaban J connectivity index is 1.51. The van der Waals surface area contributed by atoms with E-state index in [0.717, 1.165) is 39.0 Å². The monoisotopic (exact) mass is 304 g/mol.